The van der Waals surface area contributed by atoms with Gasteiger partial charge < -0.3 is 4.57 Å². The van der Waals surface area contributed by atoms with E-state index in [9.17, 15) is 4.11 Å². The summed E-state index contributed by atoms with van der Waals surface area (Å²) in [7, 11) is 0. The quantitative estimate of drug-likeness (QED) is 0.161. The summed E-state index contributed by atoms with van der Waals surface area (Å²) >= 11 is 1.22. The van der Waals surface area contributed by atoms with E-state index in [1.54, 1.807) is 0 Å². The van der Waals surface area contributed by atoms with Crippen molar-refractivity contribution in [3.8, 4) is 73.2 Å². The molecule has 12 aromatic rings. The fourth-order valence-electron chi connectivity index (χ4n) is 8.49. The van der Waals surface area contributed by atoms with Crippen LogP contribution in [0.15, 0.2) is 218 Å². The molecule has 0 N–H and O–H groups in total. The first-order chi connectivity index (χ1) is 33.2. The summed E-state index contributed by atoms with van der Waals surface area (Å²) in [4.78, 5) is 15.5. The molecular formula is C57H36N4S. The monoisotopic (exact) mass is 814 g/mol. The van der Waals surface area contributed by atoms with E-state index in [-0.39, 0.29) is 47.0 Å². The van der Waals surface area contributed by atoms with Crippen LogP contribution in [0.5, 0.6) is 0 Å². The van der Waals surface area contributed by atoms with Gasteiger partial charge in [-0.05, 0) is 64.7 Å². The second-order valence-electron chi connectivity index (χ2n) is 15.1. The maximum atomic E-state index is 9.68. The van der Waals surface area contributed by atoms with E-state index in [1.165, 1.54) is 17.4 Å². The molecule has 0 saturated carbocycles. The van der Waals surface area contributed by atoms with Crippen LogP contribution in [0.25, 0.3) is 115 Å². The molecule has 12 rings (SSSR count). The standard InChI is InChI=1S/C57H36N4S/c1-3-15-37(16-4-1)39-29-31-40(32-30-39)55-58-56(42-20-13-19-41(35-42)38-17-5-2-6-18-38)60-57(59-55)43-33-34-52(61-50-26-10-7-21-44(50)45-22-8-11-27-51(45)61)49(36-43)48-25-14-24-47-46-23-9-12-28-53(46)62-54(47)48/h1-36H/i9D,14D,23D,24D,25D,28D. The van der Waals surface area contributed by atoms with Crippen LogP contribution in [0, 0.1) is 0 Å². The van der Waals surface area contributed by atoms with Crippen LogP contribution < -0.4 is 0 Å². The zero-order valence-electron chi connectivity index (χ0n) is 39.0. The molecule has 4 nitrogen and oxygen atoms in total. The van der Waals surface area contributed by atoms with Crippen LogP contribution in [0.3, 0.4) is 0 Å². The third-order valence-corrected chi connectivity index (χ3v) is 12.6. The Morgan fingerprint density at radius 3 is 1.61 bits per heavy atom. The van der Waals surface area contributed by atoms with Gasteiger partial charge in [0.25, 0.3) is 0 Å². The smallest absolute Gasteiger partial charge is 0.164 e. The number of benzene rings is 9. The SMILES string of the molecule is [2H]c1cc([2H])c2sc3c(-c4cc(-c5nc(-c6ccc(-c7ccccc7)cc6)nc(-c6cccc(-c7ccccc7)c6)n5)ccc4-n4c5ccccc5c5ccccc54)c([2H])c([2H])c([2H])c3c2c1[2H]. The molecule has 0 radical (unpaired) electrons. The second-order valence-corrected chi connectivity index (χ2v) is 16.1. The van der Waals surface area contributed by atoms with Gasteiger partial charge in [-0.1, -0.05) is 176 Å². The topological polar surface area (TPSA) is 43.6 Å². The predicted molar refractivity (Wildman–Crippen MR) is 260 cm³/mol. The lowest BCUT2D eigenvalue weighted by Gasteiger charge is -2.17. The van der Waals surface area contributed by atoms with Crippen molar-refractivity contribution in [1.29, 1.82) is 0 Å². The zero-order chi connectivity index (χ0) is 46.2. The van der Waals surface area contributed by atoms with Gasteiger partial charge >= 0.3 is 0 Å². The number of fused-ring (bicyclic) bond motifs is 6. The van der Waals surface area contributed by atoms with Gasteiger partial charge in [-0.2, -0.15) is 0 Å². The van der Waals surface area contributed by atoms with Crippen LogP contribution in [0.2, 0.25) is 0 Å². The van der Waals surface area contributed by atoms with Crippen LogP contribution in [0.4, 0.5) is 0 Å². The summed E-state index contributed by atoms with van der Waals surface area (Å²) in [6.45, 7) is 0. The zero-order valence-corrected chi connectivity index (χ0v) is 33.8. The van der Waals surface area contributed by atoms with Crippen LogP contribution in [0.1, 0.15) is 8.22 Å². The molecule has 0 fully saturated rings. The van der Waals surface area contributed by atoms with E-state index in [2.05, 4.69) is 77.4 Å². The molecule has 0 amide bonds. The first-order valence-electron chi connectivity index (χ1n) is 23.4. The summed E-state index contributed by atoms with van der Waals surface area (Å²) in [5.74, 6) is 1.33. The highest BCUT2D eigenvalue weighted by Gasteiger charge is 2.21. The van der Waals surface area contributed by atoms with Gasteiger partial charge in [0.15, 0.2) is 17.5 Å². The molecule has 0 aliphatic carbocycles. The number of hydrogen-bond acceptors (Lipinski definition) is 4. The van der Waals surface area contributed by atoms with E-state index in [0.29, 0.717) is 43.6 Å². The summed E-state index contributed by atoms with van der Waals surface area (Å²) in [6, 6.07) is 59.5. The third kappa shape index (κ3) is 6.18. The van der Waals surface area contributed by atoms with Gasteiger partial charge in [0, 0.05) is 58.8 Å². The van der Waals surface area contributed by atoms with E-state index >= 15 is 0 Å². The second kappa shape index (κ2) is 14.9. The molecule has 62 heavy (non-hydrogen) atoms. The Hall–Kier alpha value is -7.99. The fraction of sp³-hybridized carbons (Fsp3) is 0. The van der Waals surface area contributed by atoms with Gasteiger partial charge in [0.1, 0.15) is 0 Å². The lowest BCUT2D eigenvalue weighted by Crippen LogP contribution is -2.02. The third-order valence-electron chi connectivity index (χ3n) is 11.4. The summed E-state index contributed by atoms with van der Waals surface area (Å²) < 4.78 is 57.7. The maximum absolute atomic E-state index is 9.68. The molecule has 9 aromatic carbocycles. The summed E-state index contributed by atoms with van der Waals surface area (Å²) in [6.07, 6.45) is 0. The Kier molecular flexibility index (Phi) is 7.25. The van der Waals surface area contributed by atoms with Crippen molar-refractivity contribution in [3.63, 3.8) is 0 Å². The molecule has 290 valence electrons. The van der Waals surface area contributed by atoms with Gasteiger partial charge in [-0.25, -0.2) is 15.0 Å². The van der Waals surface area contributed by atoms with Crippen molar-refractivity contribution in [2.75, 3.05) is 0 Å². The van der Waals surface area contributed by atoms with Crippen LogP contribution in [-0.4, -0.2) is 19.5 Å². The molecular weight excluding hydrogens is 773 g/mol. The molecule has 0 aliphatic heterocycles. The van der Waals surface area contributed by atoms with Crippen molar-refractivity contribution >= 4 is 53.3 Å². The molecule has 0 aliphatic rings. The Morgan fingerprint density at radius 1 is 0.371 bits per heavy atom. The largest absolute Gasteiger partial charge is 0.309 e. The number of aromatic nitrogens is 4. The molecule has 3 heterocycles. The summed E-state index contributed by atoms with van der Waals surface area (Å²) in [5, 5.41) is 2.65. The lowest BCUT2D eigenvalue weighted by molar-refractivity contribution is 1.07. The Bertz CT molecular complexity index is 3930. The first-order valence-corrected chi connectivity index (χ1v) is 21.2. The van der Waals surface area contributed by atoms with Gasteiger partial charge in [0.2, 0.25) is 0 Å². The van der Waals surface area contributed by atoms with Crippen LogP contribution in [-0.2, 0) is 0 Å². The van der Waals surface area contributed by atoms with E-state index < -0.39 is 0 Å². The van der Waals surface area contributed by atoms with Crippen molar-refractivity contribution < 1.29 is 8.22 Å². The highest BCUT2D eigenvalue weighted by Crippen LogP contribution is 2.44. The molecule has 0 spiro atoms. The minimum absolute atomic E-state index is 0.0559. The first kappa shape index (κ1) is 30.1. The van der Waals surface area contributed by atoms with Gasteiger partial charge in [-0.3, -0.25) is 0 Å². The van der Waals surface area contributed by atoms with E-state index in [4.69, 9.17) is 19.1 Å². The highest BCUT2D eigenvalue weighted by atomic mass is 32.1. The van der Waals surface area contributed by atoms with Crippen LogP contribution >= 0.6 is 11.3 Å². The number of hydrogen-bond donors (Lipinski definition) is 0. The average molecular weight is 815 g/mol. The molecule has 0 bridgehead atoms. The Morgan fingerprint density at radius 2 is 0.903 bits per heavy atom. The number of rotatable bonds is 7. The van der Waals surface area contributed by atoms with Crippen molar-refractivity contribution in [1.82, 2.24) is 19.5 Å². The number of thiophene rings is 1. The minimum atomic E-state index is -0.311. The number of para-hydroxylation sites is 2. The maximum Gasteiger partial charge on any atom is 0.164 e. The molecule has 3 aromatic heterocycles. The molecule has 5 heteroatoms. The summed E-state index contributed by atoms with van der Waals surface area (Å²) in [5.41, 5.74) is 10.0. The molecule has 0 saturated heterocycles. The van der Waals surface area contributed by atoms with Crippen molar-refractivity contribution in [2.45, 2.75) is 0 Å². The highest BCUT2D eigenvalue weighted by molar-refractivity contribution is 7.26. The Labute approximate surface area is 371 Å². The van der Waals surface area contributed by atoms with Crippen molar-refractivity contribution in [2.24, 2.45) is 0 Å². The lowest BCUT2D eigenvalue weighted by atomic mass is 9.98. The van der Waals surface area contributed by atoms with E-state index in [0.717, 1.165) is 60.9 Å². The molecule has 0 unspecified atom stereocenters. The average Bonchev–Trinajstić information content (AvgIpc) is 3.95. The molecule has 0 atom stereocenters. The van der Waals surface area contributed by atoms with E-state index in [1.807, 2.05) is 103 Å². The van der Waals surface area contributed by atoms with Crippen molar-refractivity contribution in [3.05, 3.63) is 218 Å². The minimum Gasteiger partial charge on any atom is -0.309 e. The number of nitrogens with zero attached hydrogens (tertiary/aromatic N) is 4. The predicted octanol–water partition coefficient (Wildman–Crippen LogP) is 15.3. The Balaban J connectivity index is 1.14. The fourth-order valence-corrected chi connectivity index (χ4v) is 9.58. The van der Waals surface area contributed by atoms with Gasteiger partial charge in [-0.15, -0.1) is 11.3 Å². The normalized spacial score (nSPS) is 12.9. The van der Waals surface area contributed by atoms with Gasteiger partial charge in [0.05, 0.1) is 24.9 Å².